The highest BCUT2D eigenvalue weighted by atomic mass is 19.1. The lowest BCUT2D eigenvalue weighted by Gasteiger charge is -2.18. The number of hydrogen-bond donors (Lipinski definition) is 2. The van der Waals surface area contributed by atoms with Gasteiger partial charge < -0.3 is 4.74 Å². The van der Waals surface area contributed by atoms with E-state index in [4.69, 9.17) is 10.6 Å². The van der Waals surface area contributed by atoms with Crippen molar-refractivity contribution < 1.29 is 13.5 Å². The molecular weight excluding hydrogens is 276 g/mol. The second-order valence-electron chi connectivity index (χ2n) is 4.89. The normalized spacial score (nSPS) is 12.5. The summed E-state index contributed by atoms with van der Waals surface area (Å²) in [5.74, 6) is 4.96. The summed E-state index contributed by atoms with van der Waals surface area (Å²) < 4.78 is 32.8. The molecule has 1 heterocycles. The summed E-state index contributed by atoms with van der Waals surface area (Å²) in [4.78, 5) is 4.05. The second-order valence-corrected chi connectivity index (χ2v) is 4.89. The average Bonchev–Trinajstić information content (AvgIpc) is 2.43. The van der Waals surface area contributed by atoms with Gasteiger partial charge in [0, 0.05) is 11.8 Å². The molecule has 6 heteroatoms. The van der Waals surface area contributed by atoms with Crippen molar-refractivity contribution >= 4 is 0 Å². The van der Waals surface area contributed by atoms with Crippen LogP contribution in [-0.2, 0) is 0 Å². The van der Waals surface area contributed by atoms with E-state index >= 15 is 0 Å². The highest BCUT2D eigenvalue weighted by Crippen LogP contribution is 2.26. The lowest BCUT2D eigenvalue weighted by atomic mass is 10.00. The van der Waals surface area contributed by atoms with E-state index in [0.717, 1.165) is 18.2 Å². The Kier molecular flexibility index (Phi) is 4.82. The molecule has 0 amide bonds. The minimum absolute atomic E-state index is 0.0164. The van der Waals surface area contributed by atoms with Crippen LogP contribution >= 0.6 is 0 Å². The van der Waals surface area contributed by atoms with Gasteiger partial charge in [-0.15, -0.1) is 0 Å². The Morgan fingerprint density at radius 2 is 1.95 bits per heavy atom. The monoisotopic (exact) mass is 293 g/mol. The highest BCUT2D eigenvalue weighted by molar-refractivity contribution is 5.35. The van der Waals surface area contributed by atoms with E-state index in [1.807, 2.05) is 13.8 Å². The SMILES string of the molecule is CC(C)Oc1cncc(C(NN)c2cc(F)ccc2F)c1. The zero-order chi connectivity index (χ0) is 15.4. The first-order valence-corrected chi connectivity index (χ1v) is 6.54. The molecule has 1 aromatic carbocycles. The van der Waals surface area contributed by atoms with Crippen molar-refractivity contribution in [2.45, 2.75) is 26.0 Å². The van der Waals surface area contributed by atoms with Gasteiger partial charge in [-0.05, 0) is 43.7 Å². The average molecular weight is 293 g/mol. The number of ether oxygens (including phenoxy) is 1. The number of nitrogens with two attached hydrogens (primary N) is 1. The van der Waals surface area contributed by atoms with Crippen LogP contribution in [-0.4, -0.2) is 11.1 Å². The van der Waals surface area contributed by atoms with Gasteiger partial charge in [-0.2, -0.15) is 0 Å². The zero-order valence-corrected chi connectivity index (χ0v) is 11.8. The molecule has 1 unspecified atom stereocenters. The van der Waals surface area contributed by atoms with Crippen LogP contribution in [0.2, 0.25) is 0 Å². The summed E-state index contributed by atoms with van der Waals surface area (Å²) in [6.07, 6.45) is 3.07. The fourth-order valence-corrected chi connectivity index (χ4v) is 2.03. The standard InChI is InChI=1S/C15H17F2N3O/c1-9(2)21-12-5-10(7-19-8-12)15(20-18)13-6-11(16)3-4-14(13)17/h3-9,15,20H,18H2,1-2H3. The Hall–Kier alpha value is -2.05. The molecule has 2 rings (SSSR count). The van der Waals surface area contributed by atoms with Gasteiger partial charge in [-0.3, -0.25) is 10.8 Å². The second kappa shape index (κ2) is 6.60. The third kappa shape index (κ3) is 3.74. The number of benzene rings is 1. The van der Waals surface area contributed by atoms with Crippen LogP contribution in [0.4, 0.5) is 8.78 Å². The predicted octanol–water partition coefficient (Wildman–Crippen LogP) is 2.70. The first-order valence-electron chi connectivity index (χ1n) is 6.54. The van der Waals surface area contributed by atoms with Crippen molar-refractivity contribution in [2.24, 2.45) is 5.84 Å². The number of nitrogens with zero attached hydrogens (tertiary/aromatic N) is 1. The van der Waals surface area contributed by atoms with Crippen molar-refractivity contribution in [3.05, 3.63) is 59.4 Å². The first-order chi connectivity index (χ1) is 10.0. The van der Waals surface area contributed by atoms with Gasteiger partial charge >= 0.3 is 0 Å². The molecule has 0 fully saturated rings. The highest BCUT2D eigenvalue weighted by Gasteiger charge is 2.18. The molecule has 0 bridgehead atoms. The molecule has 4 nitrogen and oxygen atoms in total. The number of aromatic nitrogens is 1. The van der Waals surface area contributed by atoms with Crippen LogP contribution in [0.1, 0.15) is 31.0 Å². The summed E-state index contributed by atoms with van der Waals surface area (Å²) in [7, 11) is 0. The van der Waals surface area contributed by atoms with Gasteiger partial charge in [0.1, 0.15) is 17.4 Å². The van der Waals surface area contributed by atoms with E-state index in [-0.39, 0.29) is 11.7 Å². The van der Waals surface area contributed by atoms with E-state index in [1.54, 1.807) is 12.3 Å². The molecule has 0 saturated carbocycles. The van der Waals surface area contributed by atoms with E-state index in [0.29, 0.717) is 11.3 Å². The van der Waals surface area contributed by atoms with Crippen molar-refractivity contribution in [1.29, 1.82) is 0 Å². The zero-order valence-electron chi connectivity index (χ0n) is 11.8. The molecule has 1 atom stereocenters. The Morgan fingerprint density at radius 3 is 2.62 bits per heavy atom. The van der Waals surface area contributed by atoms with Gasteiger partial charge in [0.25, 0.3) is 0 Å². The maximum atomic E-state index is 13.9. The Bertz CT molecular complexity index is 620. The summed E-state index contributed by atoms with van der Waals surface area (Å²) in [5, 5.41) is 0. The molecule has 112 valence electrons. The van der Waals surface area contributed by atoms with Crippen LogP contribution in [0, 0.1) is 11.6 Å². The molecule has 3 N–H and O–H groups in total. The largest absolute Gasteiger partial charge is 0.489 e. The van der Waals surface area contributed by atoms with E-state index < -0.39 is 17.7 Å². The van der Waals surface area contributed by atoms with Crippen molar-refractivity contribution in [3.63, 3.8) is 0 Å². The van der Waals surface area contributed by atoms with E-state index in [2.05, 4.69) is 10.4 Å². The Balaban J connectivity index is 2.39. The molecule has 0 aliphatic heterocycles. The molecule has 0 spiro atoms. The summed E-state index contributed by atoms with van der Waals surface area (Å²) in [6.45, 7) is 3.77. The quantitative estimate of drug-likeness (QED) is 0.657. The van der Waals surface area contributed by atoms with Crippen molar-refractivity contribution in [2.75, 3.05) is 0 Å². The molecule has 21 heavy (non-hydrogen) atoms. The molecule has 0 radical (unpaired) electrons. The maximum absolute atomic E-state index is 13.9. The lowest BCUT2D eigenvalue weighted by molar-refractivity contribution is 0.241. The summed E-state index contributed by atoms with van der Waals surface area (Å²) in [6, 6.07) is 4.21. The number of hydrogen-bond acceptors (Lipinski definition) is 4. The number of hydrazine groups is 1. The van der Waals surface area contributed by atoms with Crippen molar-refractivity contribution in [3.8, 4) is 5.75 Å². The molecule has 0 aliphatic rings. The minimum atomic E-state index is -0.719. The number of halogens is 2. The van der Waals surface area contributed by atoms with Gasteiger partial charge in [0.2, 0.25) is 0 Å². The first kappa shape index (κ1) is 15.3. The fourth-order valence-electron chi connectivity index (χ4n) is 2.03. The van der Waals surface area contributed by atoms with Crippen LogP contribution in [0.25, 0.3) is 0 Å². The van der Waals surface area contributed by atoms with Crippen LogP contribution in [0.3, 0.4) is 0 Å². The Morgan fingerprint density at radius 1 is 1.19 bits per heavy atom. The van der Waals surface area contributed by atoms with Gasteiger partial charge in [0.15, 0.2) is 0 Å². The molecule has 0 aliphatic carbocycles. The van der Waals surface area contributed by atoms with E-state index in [9.17, 15) is 8.78 Å². The van der Waals surface area contributed by atoms with Gasteiger partial charge in [-0.1, -0.05) is 0 Å². The fraction of sp³-hybridized carbons (Fsp3) is 0.267. The summed E-state index contributed by atoms with van der Waals surface area (Å²) in [5.41, 5.74) is 3.18. The van der Waals surface area contributed by atoms with Crippen LogP contribution in [0.5, 0.6) is 5.75 Å². The van der Waals surface area contributed by atoms with E-state index in [1.165, 1.54) is 6.20 Å². The number of nitrogens with one attached hydrogen (secondary N) is 1. The van der Waals surface area contributed by atoms with Gasteiger partial charge in [-0.25, -0.2) is 14.2 Å². The maximum Gasteiger partial charge on any atom is 0.138 e. The smallest absolute Gasteiger partial charge is 0.138 e. The van der Waals surface area contributed by atoms with Crippen molar-refractivity contribution in [1.82, 2.24) is 10.4 Å². The molecule has 1 aromatic heterocycles. The third-order valence-corrected chi connectivity index (χ3v) is 2.88. The Labute approximate surface area is 121 Å². The topological polar surface area (TPSA) is 60.2 Å². The number of rotatable bonds is 5. The molecule has 0 saturated heterocycles. The number of pyridine rings is 1. The third-order valence-electron chi connectivity index (χ3n) is 2.88. The van der Waals surface area contributed by atoms with Crippen LogP contribution in [0.15, 0.2) is 36.7 Å². The van der Waals surface area contributed by atoms with Crippen LogP contribution < -0.4 is 16.0 Å². The summed E-state index contributed by atoms with van der Waals surface area (Å²) >= 11 is 0. The minimum Gasteiger partial charge on any atom is -0.489 e. The molecular formula is C15H17F2N3O. The molecule has 2 aromatic rings. The lowest BCUT2D eigenvalue weighted by Crippen LogP contribution is -2.29. The van der Waals surface area contributed by atoms with Gasteiger partial charge in [0.05, 0.1) is 18.3 Å². The predicted molar refractivity (Wildman–Crippen MR) is 75.5 cm³/mol.